The van der Waals surface area contributed by atoms with E-state index in [1.54, 1.807) is 12.3 Å². The van der Waals surface area contributed by atoms with Gasteiger partial charge in [-0.3, -0.25) is 0 Å². The van der Waals surface area contributed by atoms with Crippen molar-refractivity contribution < 1.29 is 9.53 Å². The molecule has 1 aromatic heterocycles. The van der Waals surface area contributed by atoms with Gasteiger partial charge in [-0.2, -0.15) is 0 Å². The largest absolute Gasteiger partial charge is 0.491 e. The molecule has 0 spiro atoms. The van der Waals surface area contributed by atoms with Gasteiger partial charge in [-0.1, -0.05) is 0 Å². The van der Waals surface area contributed by atoms with Gasteiger partial charge in [0.1, 0.15) is 11.6 Å². The lowest BCUT2D eigenvalue weighted by atomic mass is 10.3. The summed E-state index contributed by atoms with van der Waals surface area (Å²) in [7, 11) is 0. The van der Waals surface area contributed by atoms with Crippen LogP contribution in [0.15, 0.2) is 42.6 Å². The molecule has 0 aliphatic carbocycles. The second-order valence-electron chi connectivity index (χ2n) is 6.00. The molecule has 6 heteroatoms. The Kier molecular flexibility index (Phi) is 6.01. The Labute approximate surface area is 142 Å². The molecule has 0 fully saturated rings. The molecule has 0 unspecified atom stereocenters. The van der Waals surface area contributed by atoms with E-state index in [0.717, 1.165) is 11.4 Å². The van der Waals surface area contributed by atoms with Crippen LogP contribution in [0.2, 0.25) is 0 Å². The zero-order valence-corrected chi connectivity index (χ0v) is 14.5. The van der Waals surface area contributed by atoms with Crippen molar-refractivity contribution in [2.24, 2.45) is 0 Å². The maximum Gasteiger partial charge on any atom is 0.319 e. The van der Waals surface area contributed by atoms with Gasteiger partial charge in [0.25, 0.3) is 0 Å². The minimum absolute atomic E-state index is 0.0848. The summed E-state index contributed by atoms with van der Waals surface area (Å²) in [6.45, 7) is 7.80. The minimum Gasteiger partial charge on any atom is -0.491 e. The zero-order valence-electron chi connectivity index (χ0n) is 14.5. The summed E-state index contributed by atoms with van der Waals surface area (Å²) in [6.07, 6.45) is 1.76. The predicted octanol–water partition coefficient (Wildman–Crippen LogP) is 4.14. The molecule has 2 amide bonds. The average molecular weight is 328 g/mol. The summed E-state index contributed by atoms with van der Waals surface area (Å²) in [5.41, 5.74) is 1.55. The van der Waals surface area contributed by atoms with Crippen LogP contribution < -0.4 is 20.7 Å². The third kappa shape index (κ3) is 5.79. The Morgan fingerprint density at radius 3 is 2.21 bits per heavy atom. The molecule has 6 nitrogen and oxygen atoms in total. The number of aromatic nitrogens is 1. The van der Waals surface area contributed by atoms with E-state index in [1.165, 1.54) is 0 Å². The highest BCUT2D eigenvalue weighted by atomic mass is 16.5. The van der Waals surface area contributed by atoms with Crippen molar-refractivity contribution in [1.82, 2.24) is 10.3 Å². The van der Waals surface area contributed by atoms with Crippen LogP contribution in [0.1, 0.15) is 27.7 Å². The minimum atomic E-state index is -0.242. The highest BCUT2D eigenvalue weighted by Gasteiger charge is 2.04. The SMILES string of the molecule is CC(C)NC(=O)Nc1ccc(Nc2ccc(OC(C)C)cc2)nc1. The second-order valence-corrected chi connectivity index (χ2v) is 6.00. The molecule has 0 bridgehead atoms. The van der Waals surface area contributed by atoms with Crippen molar-refractivity contribution >= 4 is 23.2 Å². The van der Waals surface area contributed by atoms with Gasteiger partial charge in [0.15, 0.2) is 0 Å². The summed E-state index contributed by atoms with van der Waals surface area (Å²) < 4.78 is 5.61. The number of ether oxygens (including phenoxy) is 1. The van der Waals surface area contributed by atoms with Crippen molar-refractivity contribution in [2.45, 2.75) is 39.8 Å². The van der Waals surface area contributed by atoms with Gasteiger partial charge in [0.2, 0.25) is 0 Å². The normalized spacial score (nSPS) is 10.6. The number of anilines is 3. The number of rotatable bonds is 6. The first-order valence-electron chi connectivity index (χ1n) is 7.99. The first-order chi connectivity index (χ1) is 11.4. The van der Waals surface area contributed by atoms with E-state index < -0.39 is 0 Å². The molecule has 1 aromatic carbocycles. The third-order valence-corrected chi connectivity index (χ3v) is 2.94. The molecule has 0 saturated carbocycles. The second kappa shape index (κ2) is 8.19. The number of hydrogen-bond donors (Lipinski definition) is 3. The maximum absolute atomic E-state index is 11.6. The number of benzene rings is 1. The monoisotopic (exact) mass is 328 g/mol. The number of nitrogens with zero attached hydrogens (tertiary/aromatic N) is 1. The van der Waals surface area contributed by atoms with E-state index in [2.05, 4.69) is 20.9 Å². The molecule has 0 radical (unpaired) electrons. The van der Waals surface area contributed by atoms with Crippen molar-refractivity contribution in [3.8, 4) is 5.75 Å². The first kappa shape index (κ1) is 17.6. The Bertz CT molecular complexity index is 652. The zero-order chi connectivity index (χ0) is 17.5. The van der Waals surface area contributed by atoms with Crippen molar-refractivity contribution in [2.75, 3.05) is 10.6 Å². The molecular formula is C18H24N4O2. The molecule has 24 heavy (non-hydrogen) atoms. The van der Waals surface area contributed by atoms with Gasteiger partial charge in [-0.05, 0) is 64.1 Å². The average Bonchev–Trinajstić information content (AvgIpc) is 2.50. The topological polar surface area (TPSA) is 75.3 Å². The number of pyridine rings is 1. The van der Waals surface area contributed by atoms with Crippen LogP contribution >= 0.6 is 0 Å². The molecule has 2 rings (SSSR count). The summed E-state index contributed by atoms with van der Waals surface area (Å²) in [4.78, 5) is 15.9. The molecule has 0 atom stereocenters. The van der Waals surface area contributed by atoms with E-state index in [9.17, 15) is 4.79 Å². The Morgan fingerprint density at radius 2 is 1.67 bits per heavy atom. The van der Waals surface area contributed by atoms with E-state index in [-0.39, 0.29) is 18.2 Å². The molecular weight excluding hydrogens is 304 g/mol. The van der Waals surface area contributed by atoms with E-state index in [1.807, 2.05) is 58.0 Å². The van der Waals surface area contributed by atoms with Gasteiger partial charge in [-0.25, -0.2) is 9.78 Å². The fourth-order valence-corrected chi connectivity index (χ4v) is 2.01. The lowest BCUT2D eigenvalue weighted by Crippen LogP contribution is -2.34. The lowest BCUT2D eigenvalue weighted by molar-refractivity contribution is 0.242. The van der Waals surface area contributed by atoms with Crippen molar-refractivity contribution in [1.29, 1.82) is 0 Å². The van der Waals surface area contributed by atoms with Crippen LogP contribution in [-0.4, -0.2) is 23.2 Å². The summed E-state index contributed by atoms with van der Waals surface area (Å²) in [6, 6.07) is 11.1. The number of nitrogens with one attached hydrogen (secondary N) is 3. The number of amides is 2. The van der Waals surface area contributed by atoms with Gasteiger partial charge in [-0.15, -0.1) is 0 Å². The van der Waals surface area contributed by atoms with Crippen LogP contribution in [-0.2, 0) is 0 Å². The van der Waals surface area contributed by atoms with E-state index >= 15 is 0 Å². The molecule has 0 aliphatic rings. The van der Waals surface area contributed by atoms with Crippen LogP contribution in [0, 0.1) is 0 Å². The quantitative estimate of drug-likeness (QED) is 0.745. The van der Waals surface area contributed by atoms with Crippen molar-refractivity contribution in [3.05, 3.63) is 42.6 Å². The first-order valence-corrected chi connectivity index (χ1v) is 7.99. The van der Waals surface area contributed by atoms with Crippen LogP contribution in [0.5, 0.6) is 5.75 Å². The fraction of sp³-hybridized carbons (Fsp3) is 0.333. The molecule has 3 N–H and O–H groups in total. The molecule has 0 aliphatic heterocycles. The highest BCUT2D eigenvalue weighted by Crippen LogP contribution is 2.20. The standard InChI is InChI=1S/C18H24N4O2/c1-12(2)20-18(23)22-15-7-10-17(19-11-15)21-14-5-8-16(9-6-14)24-13(3)4/h5-13H,1-4H3,(H,19,21)(H2,20,22,23). The highest BCUT2D eigenvalue weighted by molar-refractivity contribution is 5.89. The maximum atomic E-state index is 11.6. The summed E-state index contributed by atoms with van der Waals surface area (Å²) >= 11 is 0. The van der Waals surface area contributed by atoms with E-state index in [0.29, 0.717) is 11.5 Å². The van der Waals surface area contributed by atoms with Gasteiger partial charge < -0.3 is 20.7 Å². The lowest BCUT2D eigenvalue weighted by Gasteiger charge is -2.12. The fourth-order valence-electron chi connectivity index (χ4n) is 2.01. The van der Waals surface area contributed by atoms with Crippen LogP contribution in [0.25, 0.3) is 0 Å². The number of hydrogen-bond acceptors (Lipinski definition) is 4. The number of carbonyl (C=O) groups excluding carboxylic acids is 1. The van der Waals surface area contributed by atoms with E-state index in [4.69, 9.17) is 4.74 Å². The summed E-state index contributed by atoms with van der Waals surface area (Å²) in [5.74, 6) is 1.53. The van der Waals surface area contributed by atoms with Crippen LogP contribution in [0.3, 0.4) is 0 Å². The molecule has 0 saturated heterocycles. The Morgan fingerprint density at radius 1 is 1.00 bits per heavy atom. The number of carbonyl (C=O) groups is 1. The molecule has 1 heterocycles. The third-order valence-electron chi connectivity index (χ3n) is 2.94. The van der Waals surface area contributed by atoms with Gasteiger partial charge in [0.05, 0.1) is 18.0 Å². The van der Waals surface area contributed by atoms with Crippen molar-refractivity contribution in [3.63, 3.8) is 0 Å². The van der Waals surface area contributed by atoms with Gasteiger partial charge >= 0.3 is 6.03 Å². The predicted molar refractivity (Wildman–Crippen MR) is 97.0 cm³/mol. The van der Waals surface area contributed by atoms with Gasteiger partial charge in [0, 0.05) is 11.7 Å². The Balaban J connectivity index is 1.92. The molecule has 128 valence electrons. The summed E-state index contributed by atoms with van der Waals surface area (Å²) in [5, 5.41) is 8.69. The number of urea groups is 1. The Hall–Kier alpha value is -2.76. The molecule has 2 aromatic rings. The van der Waals surface area contributed by atoms with Crippen LogP contribution in [0.4, 0.5) is 22.0 Å². The smallest absolute Gasteiger partial charge is 0.319 e.